The van der Waals surface area contributed by atoms with Gasteiger partial charge in [-0.25, -0.2) is 0 Å². The van der Waals surface area contributed by atoms with Crippen molar-refractivity contribution in [1.82, 2.24) is 4.90 Å². The zero-order valence-electron chi connectivity index (χ0n) is 11.0. The molecule has 2 unspecified atom stereocenters. The van der Waals surface area contributed by atoms with Crippen molar-refractivity contribution in [3.8, 4) is 0 Å². The summed E-state index contributed by atoms with van der Waals surface area (Å²) in [7, 11) is 2.20. The van der Waals surface area contributed by atoms with Gasteiger partial charge in [-0.2, -0.15) is 0 Å². The molecule has 1 saturated heterocycles. The van der Waals surface area contributed by atoms with Crippen LogP contribution >= 0.6 is 0 Å². The van der Waals surface area contributed by atoms with Crippen LogP contribution in [0.25, 0.3) is 0 Å². The van der Waals surface area contributed by atoms with E-state index in [2.05, 4.69) is 18.9 Å². The molecule has 0 radical (unpaired) electrons. The van der Waals surface area contributed by atoms with Crippen molar-refractivity contribution in [3.63, 3.8) is 0 Å². The first-order valence-electron chi connectivity index (χ1n) is 6.74. The highest BCUT2D eigenvalue weighted by molar-refractivity contribution is 4.67. The van der Waals surface area contributed by atoms with Crippen molar-refractivity contribution in [2.45, 2.75) is 57.6 Å². The van der Waals surface area contributed by atoms with E-state index in [-0.39, 0.29) is 0 Å². The van der Waals surface area contributed by atoms with Gasteiger partial charge in [0.1, 0.15) is 0 Å². The van der Waals surface area contributed by atoms with Gasteiger partial charge in [-0.3, -0.25) is 0 Å². The summed E-state index contributed by atoms with van der Waals surface area (Å²) in [6.07, 6.45) is 7.95. The minimum Gasteiger partial charge on any atom is -0.377 e. The summed E-state index contributed by atoms with van der Waals surface area (Å²) in [4.78, 5) is 2.40. The van der Waals surface area contributed by atoms with E-state index in [0.29, 0.717) is 12.1 Å². The molecule has 0 aromatic carbocycles. The Hall–Kier alpha value is -0.120. The number of nitrogens with zero attached hydrogens (tertiary/aromatic N) is 1. The lowest BCUT2D eigenvalue weighted by Crippen LogP contribution is -2.34. The normalized spacial score (nSPS) is 23.6. The zero-order chi connectivity index (χ0) is 11.8. The Morgan fingerprint density at radius 2 is 2.19 bits per heavy atom. The summed E-state index contributed by atoms with van der Waals surface area (Å²) < 4.78 is 5.73. The number of ether oxygens (including phenoxy) is 1. The average molecular weight is 228 g/mol. The molecule has 2 atom stereocenters. The molecule has 0 amide bonds. The van der Waals surface area contributed by atoms with Gasteiger partial charge in [0.05, 0.1) is 6.10 Å². The molecule has 3 nitrogen and oxygen atoms in total. The third-order valence-corrected chi connectivity index (χ3v) is 3.24. The summed E-state index contributed by atoms with van der Waals surface area (Å²) in [6, 6.07) is 0.354. The molecule has 0 bridgehead atoms. The predicted octanol–water partition coefficient (Wildman–Crippen LogP) is 2.00. The number of likely N-dealkylation sites (N-methyl/N-ethyl adjacent to an activating group) is 1. The van der Waals surface area contributed by atoms with Gasteiger partial charge in [-0.05, 0) is 52.6 Å². The summed E-state index contributed by atoms with van der Waals surface area (Å²) in [5.74, 6) is 0. The van der Waals surface area contributed by atoms with Crippen molar-refractivity contribution in [1.29, 1.82) is 0 Å². The van der Waals surface area contributed by atoms with Crippen LogP contribution in [-0.4, -0.2) is 43.8 Å². The second-order valence-corrected chi connectivity index (χ2v) is 5.22. The van der Waals surface area contributed by atoms with Crippen molar-refractivity contribution < 1.29 is 4.74 Å². The minimum atomic E-state index is 0.354. The predicted molar refractivity (Wildman–Crippen MR) is 68.6 cm³/mol. The van der Waals surface area contributed by atoms with E-state index in [1.807, 2.05) is 0 Å². The van der Waals surface area contributed by atoms with Gasteiger partial charge in [0.2, 0.25) is 0 Å². The molecule has 96 valence electrons. The summed E-state index contributed by atoms with van der Waals surface area (Å²) in [5, 5.41) is 0. The van der Waals surface area contributed by atoms with Crippen molar-refractivity contribution in [2.24, 2.45) is 5.73 Å². The Morgan fingerprint density at radius 3 is 2.81 bits per heavy atom. The molecule has 3 heteroatoms. The highest BCUT2D eigenvalue weighted by atomic mass is 16.5. The first-order valence-corrected chi connectivity index (χ1v) is 6.74. The highest BCUT2D eigenvalue weighted by Crippen LogP contribution is 2.13. The monoisotopic (exact) mass is 228 g/mol. The SMILES string of the molecule is CC(N)CCCCN(C)CC1CCCCO1. The Labute approximate surface area is 100 Å². The molecule has 0 aromatic rings. The van der Waals surface area contributed by atoms with Crippen LogP contribution in [0.15, 0.2) is 0 Å². The minimum absolute atomic E-state index is 0.354. The zero-order valence-corrected chi connectivity index (χ0v) is 11.0. The van der Waals surface area contributed by atoms with Crippen molar-refractivity contribution in [2.75, 3.05) is 26.7 Å². The van der Waals surface area contributed by atoms with Crippen LogP contribution in [0.3, 0.4) is 0 Å². The van der Waals surface area contributed by atoms with Crippen LogP contribution in [0, 0.1) is 0 Å². The number of nitrogens with two attached hydrogens (primary N) is 1. The van der Waals surface area contributed by atoms with Crippen LogP contribution in [0.1, 0.15) is 45.4 Å². The van der Waals surface area contributed by atoms with E-state index in [0.717, 1.165) is 19.6 Å². The molecule has 1 aliphatic heterocycles. The fourth-order valence-electron chi connectivity index (χ4n) is 2.24. The number of hydrogen-bond donors (Lipinski definition) is 1. The largest absolute Gasteiger partial charge is 0.377 e. The lowest BCUT2D eigenvalue weighted by Gasteiger charge is -2.27. The quantitative estimate of drug-likeness (QED) is 0.677. The van der Waals surface area contributed by atoms with Crippen LogP contribution in [-0.2, 0) is 4.74 Å². The third-order valence-electron chi connectivity index (χ3n) is 3.24. The van der Waals surface area contributed by atoms with Gasteiger partial charge >= 0.3 is 0 Å². The summed E-state index contributed by atoms with van der Waals surface area (Å²) in [5.41, 5.74) is 5.73. The van der Waals surface area contributed by atoms with Crippen LogP contribution in [0.4, 0.5) is 0 Å². The van der Waals surface area contributed by atoms with E-state index in [4.69, 9.17) is 10.5 Å². The Kier molecular flexibility index (Phi) is 7.01. The van der Waals surface area contributed by atoms with Gasteiger partial charge < -0.3 is 15.4 Å². The summed E-state index contributed by atoms with van der Waals surface area (Å²) in [6.45, 7) is 5.31. The van der Waals surface area contributed by atoms with E-state index in [1.54, 1.807) is 0 Å². The standard InChI is InChI=1S/C13H28N2O/c1-12(14)7-3-5-9-15(2)11-13-8-4-6-10-16-13/h12-13H,3-11,14H2,1-2H3. The molecule has 0 spiro atoms. The molecule has 1 heterocycles. The molecule has 16 heavy (non-hydrogen) atoms. The number of hydrogen-bond acceptors (Lipinski definition) is 3. The van der Waals surface area contributed by atoms with Crippen LogP contribution in [0.2, 0.25) is 0 Å². The van der Waals surface area contributed by atoms with Gasteiger partial charge in [-0.1, -0.05) is 6.42 Å². The number of rotatable bonds is 7. The van der Waals surface area contributed by atoms with Gasteiger partial charge in [0.15, 0.2) is 0 Å². The molecular weight excluding hydrogens is 200 g/mol. The maximum absolute atomic E-state index is 5.73. The molecule has 0 saturated carbocycles. The fraction of sp³-hybridized carbons (Fsp3) is 1.00. The molecule has 1 fully saturated rings. The topological polar surface area (TPSA) is 38.5 Å². The molecule has 1 aliphatic rings. The average Bonchev–Trinajstić information content (AvgIpc) is 2.25. The maximum Gasteiger partial charge on any atom is 0.0701 e. The van der Waals surface area contributed by atoms with E-state index in [1.165, 1.54) is 38.6 Å². The van der Waals surface area contributed by atoms with Crippen molar-refractivity contribution in [3.05, 3.63) is 0 Å². The number of unbranched alkanes of at least 4 members (excludes halogenated alkanes) is 1. The fourth-order valence-corrected chi connectivity index (χ4v) is 2.24. The Bertz CT molecular complexity index is 167. The van der Waals surface area contributed by atoms with E-state index >= 15 is 0 Å². The van der Waals surface area contributed by atoms with E-state index in [9.17, 15) is 0 Å². The van der Waals surface area contributed by atoms with E-state index < -0.39 is 0 Å². The third kappa shape index (κ3) is 6.46. The van der Waals surface area contributed by atoms with Gasteiger partial charge in [-0.15, -0.1) is 0 Å². The molecule has 0 aromatic heterocycles. The summed E-state index contributed by atoms with van der Waals surface area (Å²) >= 11 is 0. The van der Waals surface area contributed by atoms with Crippen LogP contribution in [0.5, 0.6) is 0 Å². The smallest absolute Gasteiger partial charge is 0.0701 e. The Balaban J connectivity index is 1.99. The molecule has 1 rings (SSSR count). The second-order valence-electron chi connectivity index (χ2n) is 5.22. The highest BCUT2D eigenvalue weighted by Gasteiger charge is 2.15. The van der Waals surface area contributed by atoms with Crippen LogP contribution < -0.4 is 5.73 Å². The van der Waals surface area contributed by atoms with Crippen molar-refractivity contribution >= 4 is 0 Å². The molecule has 2 N–H and O–H groups in total. The van der Waals surface area contributed by atoms with Gasteiger partial charge in [0, 0.05) is 19.2 Å². The maximum atomic E-state index is 5.73. The first kappa shape index (κ1) is 13.9. The lowest BCUT2D eigenvalue weighted by atomic mass is 10.1. The van der Waals surface area contributed by atoms with Gasteiger partial charge in [0.25, 0.3) is 0 Å². The molecular formula is C13H28N2O. The first-order chi connectivity index (χ1) is 7.68. The lowest BCUT2D eigenvalue weighted by molar-refractivity contribution is -0.00161. The second kappa shape index (κ2) is 8.04. The molecule has 0 aliphatic carbocycles. The Morgan fingerprint density at radius 1 is 1.38 bits per heavy atom.